The Hall–Kier alpha value is -4.12. The lowest BCUT2D eigenvalue weighted by atomic mass is 10.1. The van der Waals surface area contributed by atoms with Crippen LogP contribution in [0.5, 0.6) is 5.75 Å². The number of ether oxygens (including phenoxy) is 1. The van der Waals surface area contributed by atoms with Crippen LogP contribution in [0, 0.1) is 12.1 Å². The van der Waals surface area contributed by atoms with Crippen LogP contribution in [0.2, 0.25) is 0 Å². The summed E-state index contributed by atoms with van der Waals surface area (Å²) in [5.74, 6) is -0.0876. The lowest BCUT2D eigenvalue weighted by molar-refractivity contribution is -0.546. The van der Waals surface area contributed by atoms with Gasteiger partial charge in [-0.2, -0.15) is 0 Å². The molecule has 0 fully saturated rings. The maximum Gasteiger partial charge on any atom is 0.298 e. The van der Waals surface area contributed by atoms with Crippen LogP contribution < -0.4 is 13.9 Å². The Morgan fingerprint density at radius 3 is 2.23 bits per heavy atom. The van der Waals surface area contributed by atoms with Crippen LogP contribution in [0.15, 0.2) is 83.0 Å². The Bertz CT molecular complexity index is 1360. The van der Waals surface area contributed by atoms with E-state index in [1.54, 1.807) is 60.7 Å². The number of rotatable bonds is 7. The number of sulfonamides is 1. The van der Waals surface area contributed by atoms with Crippen LogP contribution in [0.3, 0.4) is 0 Å². The molecule has 1 unspecified atom stereocenters. The normalized spacial score (nSPS) is 15.6. The number of hydrogen-bond donors (Lipinski definition) is 0. The molecule has 182 valence electrons. The summed E-state index contributed by atoms with van der Waals surface area (Å²) >= 11 is 0. The van der Waals surface area contributed by atoms with Gasteiger partial charge in [0, 0.05) is 0 Å². The van der Waals surface area contributed by atoms with Gasteiger partial charge in [0.25, 0.3) is 22.5 Å². The molecule has 1 aliphatic heterocycles. The van der Waals surface area contributed by atoms with E-state index in [9.17, 15) is 18.4 Å². The highest BCUT2D eigenvalue weighted by molar-refractivity contribution is 7.92. The lowest BCUT2D eigenvalue weighted by Gasteiger charge is -2.31. The molecule has 3 aromatic rings. The van der Waals surface area contributed by atoms with E-state index in [0.29, 0.717) is 22.7 Å². The van der Waals surface area contributed by atoms with E-state index >= 15 is 0 Å². The van der Waals surface area contributed by atoms with Gasteiger partial charge in [-0.15, -0.1) is 0 Å². The largest absolute Gasteiger partial charge is 0.597 e. The smallest absolute Gasteiger partial charge is 0.298 e. The van der Waals surface area contributed by atoms with Crippen molar-refractivity contribution in [3.8, 4) is 5.75 Å². The molecule has 11 heteroatoms. The second-order valence-electron chi connectivity index (χ2n) is 7.79. The summed E-state index contributed by atoms with van der Waals surface area (Å²) in [7, 11) is -1.41. The molecule has 1 heterocycles. The summed E-state index contributed by atoms with van der Waals surface area (Å²) in [5, 5.41) is 15.2. The summed E-state index contributed by atoms with van der Waals surface area (Å²) in [6, 6.07) is 19.8. The molecule has 0 N–H and O–H groups in total. The van der Waals surface area contributed by atoms with Gasteiger partial charge < -0.3 is 14.8 Å². The van der Waals surface area contributed by atoms with Crippen molar-refractivity contribution in [2.75, 3.05) is 30.0 Å². The molecule has 0 aliphatic carbocycles. The number of carbonyl (C=O) groups excluding carboxylic acids is 1. The van der Waals surface area contributed by atoms with Gasteiger partial charge in [0.15, 0.2) is 11.4 Å². The molecular formula is C24H24N4O6S. The zero-order valence-electron chi connectivity index (χ0n) is 19.4. The number of hydroxylamine groups is 1. The van der Waals surface area contributed by atoms with Crippen molar-refractivity contribution in [2.45, 2.75) is 18.0 Å². The Kier molecular flexibility index (Phi) is 6.61. The van der Waals surface area contributed by atoms with Crippen LogP contribution >= 0.6 is 0 Å². The number of hydrogen-bond acceptors (Lipinski definition) is 7. The molecule has 1 amide bonds. The first-order valence-electron chi connectivity index (χ1n) is 10.6. The van der Waals surface area contributed by atoms with E-state index in [1.807, 2.05) is 6.92 Å². The van der Waals surface area contributed by atoms with Gasteiger partial charge in [0.2, 0.25) is 0 Å². The summed E-state index contributed by atoms with van der Waals surface area (Å²) in [5.41, 5.74) is 2.07. The van der Waals surface area contributed by atoms with Crippen LogP contribution in [0.4, 0.5) is 11.4 Å². The fraction of sp³-hybridized carbons (Fsp3) is 0.208. The third-order valence-electron chi connectivity index (χ3n) is 5.55. The van der Waals surface area contributed by atoms with Crippen molar-refractivity contribution in [3.05, 3.63) is 89.1 Å². The number of carbonyl (C=O) groups is 1. The van der Waals surface area contributed by atoms with E-state index in [1.165, 1.54) is 35.6 Å². The van der Waals surface area contributed by atoms with Crippen molar-refractivity contribution >= 4 is 27.3 Å². The molecule has 0 saturated carbocycles. The maximum absolute atomic E-state index is 14.0. The lowest BCUT2D eigenvalue weighted by Crippen LogP contribution is -2.44. The van der Waals surface area contributed by atoms with E-state index < -0.39 is 28.6 Å². The molecule has 3 aromatic carbocycles. The standard InChI is InChI=1S/C24H24N4O6S/c1-17-8-14-20(15-9-17)35(31,32)28-22-7-5-4-6-21(22)27(23(29)16-26(30)25-34-3)24(28)18-10-12-19(33-2)13-11-18/h4-15,24H,16H2,1-3H3/b26-25-. The Morgan fingerprint density at radius 2 is 1.63 bits per heavy atom. The summed E-state index contributed by atoms with van der Waals surface area (Å²) in [6.07, 6.45) is -1.09. The van der Waals surface area contributed by atoms with Crippen LogP contribution in [0.25, 0.3) is 0 Å². The van der Waals surface area contributed by atoms with Gasteiger partial charge in [0.05, 0.1) is 23.4 Å². The molecule has 0 saturated heterocycles. The minimum Gasteiger partial charge on any atom is -0.597 e. The Labute approximate surface area is 203 Å². The van der Waals surface area contributed by atoms with Gasteiger partial charge in [-0.3, -0.25) is 9.69 Å². The molecular weight excluding hydrogens is 472 g/mol. The highest BCUT2D eigenvalue weighted by atomic mass is 32.2. The summed E-state index contributed by atoms with van der Waals surface area (Å²) < 4.78 is 34.4. The number of methoxy groups -OCH3 is 1. The fourth-order valence-electron chi connectivity index (χ4n) is 3.95. The van der Waals surface area contributed by atoms with Crippen molar-refractivity contribution in [3.63, 3.8) is 0 Å². The minimum absolute atomic E-state index is 0.0746. The van der Waals surface area contributed by atoms with Crippen LogP contribution in [-0.4, -0.2) is 40.0 Å². The van der Waals surface area contributed by atoms with E-state index in [0.717, 1.165) is 5.56 Å². The van der Waals surface area contributed by atoms with Crippen molar-refractivity contribution in [2.24, 2.45) is 5.28 Å². The first-order chi connectivity index (χ1) is 16.8. The van der Waals surface area contributed by atoms with Crippen molar-refractivity contribution in [1.82, 2.24) is 0 Å². The molecule has 0 bridgehead atoms. The zero-order chi connectivity index (χ0) is 25.2. The molecule has 10 nitrogen and oxygen atoms in total. The van der Waals surface area contributed by atoms with Gasteiger partial charge in [-0.25, -0.2) is 12.7 Å². The Balaban J connectivity index is 1.91. The number of amides is 1. The monoisotopic (exact) mass is 496 g/mol. The Morgan fingerprint density at radius 1 is 1.00 bits per heavy atom. The third-order valence-corrected chi connectivity index (χ3v) is 7.33. The highest BCUT2D eigenvalue weighted by Crippen LogP contribution is 2.49. The van der Waals surface area contributed by atoms with Crippen molar-refractivity contribution < 1.29 is 27.6 Å². The first-order valence-corrected chi connectivity index (χ1v) is 12.1. The van der Waals surface area contributed by atoms with E-state index in [4.69, 9.17) is 4.74 Å². The van der Waals surface area contributed by atoms with Crippen LogP contribution in [0.1, 0.15) is 17.3 Å². The SMILES string of the molecule is CO/N=[N+](\[O-])CC(=O)N1c2ccccc2N(S(=O)(=O)c2ccc(C)cc2)C1c1ccc(OC)cc1. The van der Waals surface area contributed by atoms with Crippen LogP contribution in [-0.2, 0) is 19.7 Å². The van der Waals surface area contributed by atoms with Gasteiger partial charge in [-0.1, -0.05) is 42.0 Å². The first kappa shape index (κ1) is 24.0. The fourth-order valence-corrected chi connectivity index (χ4v) is 5.55. The molecule has 1 aliphatic rings. The summed E-state index contributed by atoms with van der Waals surface area (Å²) in [6.45, 7) is 1.19. The van der Waals surface area contributed by atoms with Gasteiger partial charge in [0.1, 0.15) is 12.9 Å². The maximum atomic E-state index is 14.0. The molecule has 0 radical (unpaired) electrons. The van der Waals surface area contributed by atoms with Gasteiger partial charge >= 0.3 is 0 Å². The molecule has 0 spiro atoms. The number of nitrogens with zero attached hydrogens (tertiary/aromatic N) is 4. The predicted molar refractivity (Wildman–Crippen MR) is 128 cm³/mol. The molecule has 4 rings (SSSR count). The number of benzene rings is 3. The van der Waals surface area contributed by atoms with Crippen molar-refractivity contribution in [1.29, 1.82) is 0 Å². The number of fused-ring (bicyclic) bond motifs is 1. The zero-order valence-corrected chi connectivity index (χ0v) is 20.2. The number of aryl methyl sites for hydroxylation is 1. The average Bonchev–Trinajstić information content (AvgIpc) is 3.20. The quantitative estimate of drug-likeness (QED) is 0.279. The number of anilines is 2. The predicted octanol–water partition coefficient (Wildman–Crippen LogP) is 3.77. The average molecular weight is 497 g/mol. The van der Waals surface area contributed by atoms with Gasteiger partial charge in [-0.05, 0) is 53.7 Å². The minimum atomic E-state index is -4.12. The summed E-state index contributed by atoms with van der Waals surface area (Å²) in [4.78, 5) is 19.3. The topological polar surface area (TPSA) is 115 Å². The second kappa shape index (κ2) is 9.63. The molecule has 0 aromatic heterocycles. The third kappa shape index (κ3) is 4.50. The molecule has 35 heavy (non-hydrogen) atoms. The number of para-hydroxylation sites is 2. The highest BCUT2D eigenvalue weighted by Gasteiger charge is 2.47. The van der Waals surface area contributed by atoms with E-state index in [2.05, 4.69) is 10.1 Å². The molecule has 1 atom stereocenters. The van der Waals surface area contributed by atoms with E-state index in [-0.39, 0.29) is 9.76 Å². The second-order valence-corrected chi connectivity index (χ2v) is 9.60.